The first-order valence-electron chi connectivity index (χ1n) is 12.1. The van der Waals surface area contributed by atoms with Crippen LogP contribution in [0.25, 0.3) is 10.8 Å². The maximum atomic E-state index is 13.1. The highest BCUT2D eigenvalue weighted by Crippen LogP contribution is 2.44. The Morgan fingerprint density at radius 1 is 1.29 bits per heavy atom. The molecule has 0 spiro atoms. The number of fused-ring (bicyclic) bond motifs is 2. The Morgan fingerprint density at radius 2 is 2.15 bits per heavy atom. The number of rotatable bonds is 6. The zero-order chi connectivity index (χ0) is 23.8. The summed E-state index contributed by atoms with van der Waals surface area (Å²) in [7, 11) is 0.431. The summed E-state index contributed by atoms with van der Waals surface area (Å²) in [5.74, 6) is 0.0205. The highest BCUT2D eigenvalue weighted by Gasteiger charge is 2.32. The molecule has 0 N–H and O–H groups in total. The Balaban J connectivity index is 1.33. The van der Waals surface area contributed by atoms with Crippen molar-refractivity contribution >= 4 is 25.3 Å². The van der Waals surface area contributed by atoms with Crippen LogP contribution < -0.4 is 0 Å². The number of aromatic nitrogens is 3. The molecule has 2 unspecified atom stereocenters. The van der Waals surface area contributed by atoms with E-state index < -0.39 is 0 Å². The topological polar surface area (TPSA) is 57.0 Å². The minimum atomic E-state index is -0.263. The number of halogens is 1. The summed E-state index contributed by atoms with van der Waals surface area (Å²) in [5.41, 5.74) is 4.90. The van der Waals surface area contributed by atoms with Gasteiger partial charge in [0.05, 0.1) is 46.9 Å². The van der Waals surface area contributed by atoms with E-state index in [-0.39, 0.29) is 18.4 Å². The van der Waals surface area contributed by atoms with Gasteiger partial charge in [0.2, 0.25) is 0 Å². The Hall–Kier alpha value is -2.57. The molecular formula is C25H32FN6OP. The number of piperazine rings is 1. The molecule has 0 saturated carbocycles. The van der Waals surface area contributed by atoms with E-state index in [1.807, 2.05) is 28.7 Å². The van der Waals surface area contributed by atoms with Crippen molar-refractivity contribution in [1.29, 1.82) is 0 Å². The summed E-state index contributed by atoms with van der Waals surface area (Å²) in [6.07, 6.45) is 11.4. The lowest BCUT2D eigenvalue weighted by Crippen LogP contribution is -2.52. The molecule has 5 heterocycles. The van der Waals surface area contributed by atoms with Gasteiger partial charge in [0, 0.05) is 49.8 Å². The van der Waals surface area contributed by atoms with Crippen LogP contribution in [0.1, 0.15) is 37.4 Å². The number of carbonyl (C=O) groups is 1. The third-order valence-electron chi connectivity index (χ3n) is 6.82. The number of hydrogen-bond donors (Lipinski definition) is 0. The summed E-state index contributed by atoms with van der Waals surface area (Å²) in [4.78, 5) is 24.3. The second kappa shape index (κ2) is 9.59. The number of carbonyl (C=O) groups excluding carboxylic acids is 1. The quantitative estimate of drug-likeness (QED) is 0.590. The van der Waals surface area contributed by atoms with Crippen molar-refractivity contribution < 1.29 is 9.18 Å². The largest absolute Gasteiger partial charge is 0.368 e. The zero-order valence-corrected chi connectivity index (χ0v) is 21.0. The molecule has 0 aliphatic carbocycles. The maximum absolute atomic E-state index is 13.1. The van der Waals surface area contributed by atoms with Gasteiger partial charge >= 0.3 is 0 Å². The lowest BCUT2D eigenvalue weighted by atomic mass is 10.1. The smallest absolute Gasteiger partial charge is 0.252 e. The van der Waals surface area contributed by atoms with Gasteiger partial charge in [0.1, 0.15) is 0 Å². The Kier molecular flexibility index (Phi) is 6.54. The van der Waals surface area contributed by atoms with Gasteiger partial charge < -0.3 is 9.80 Å². The molecule has 9 heteroatoms. The van der Waals surface area contributed by atoms with Crippen LogP contribution in [-0.2, 0) is 11.2 Å². The average molecular weight is 483 g/mol. The lowest BCUT2D eigenvalue weighted by molar-refractivity contribution is -0.123. The molecule has 34 heavy (non-hydrogen) atoms. The molecule has 3 aliphatic heterocycles. The van der Waals surface area contributed by atoms with Crippen molar-refractivity contribution in [2.75, 3.05) is 32.9 Å². The van der Waals surface area contributed by atoms with Crippen LogP contribution in [0.2, 0.25) is 0 Å². The van der Waals surface area contributed by atoms with Crippen LogP contribution in [0.3, 0.4) is 0 Å². The minimum Gasteiger partial charge on any atom is -0.368 e. The fourth-order valence-corrected chi connectivity index (χ4v) is 6.33. The van der Waals surface area contributed by atoms with Crippen LogP contribution in [0.15, 0.2) is 42.4 Å². The SMILES string of the molecule is CCc1nc(C)cn2nc(C3=CC(=O)N4C=C(N5CCN(CCCF)[C@H](C)C5)C=CC4P3)cc12. The average Bonchev–Trinajstić information content (AvgIpc) is 3.26. The second-order valence-corrected chi connectivity index (χ2v) is 10.6. The summed E-state index contributed by atoms with van der Waals surface area (Å²) in [5, 5.41) is 5.76. The molecule has 2 aromatic heterocycles. The van der Waals surface area contributed by atoms with Gasteiger partial charge in [-0.2, -0.15) is 5.10 Å². The number of alkyl halides is 1. The van der Waals surface area contributed by atoms with Crippen LogP contribution in [-0.4, -0.2) is 79.9 Å². The predicted molar refractivity (Wildman–Crippen MR) is 134 cm³/mol. The maximum Gasteiger partial charge on any atom is 0.252 e. The molecule has 180 valence electrons. The molecule has 0 aromatic carbocycles. The molecule has 7 nitrogen and oxygen atoms in total. The van der Waals surface area contributed by atoms with E-state index in [2.05, 4.69) is 46.8 Å². The van der Waals surface area contributed by atoms with E-state index >= 15 is 0 Å². The van der Waals surface area contributed by atoms with E-state index in [4.69, 9.17) is 5.10 Å². The van der Waals surface area contributed by atoms with Crippen molar-refractivity contribution in [3.05, 3.63) is 59.5 Å². The molecule has 1 saturated heterocycles. The van der Waals surface area contributed by atoms with Gasteiger partial charge in [-0.15, -0.1) is 0 Å². The van der Waals surface area contributed by atoms with Crippen molar-refractivity contribution in [3.8, 4) is 0 Å². The number of allylic oxidation sites excluding steroid dienone is 1. The highest BCUT2D eigenvalue weighted by molar-refractivity contribution is 7.51. The molecule has 3 aliphatic rings. The first kappa shape index (κ1) is 23.2. The molecular weight excluding hydrogens is 450 g/mol. The monoisotopic (exact) mass is 482 g/mol. The molecule has 3 atom stereocenters. The number of aryl methyl sites for hydroxylation is 2. The highest BCUT2D eigenvalue weighted by atomic mass is 31.1. The third-order valence-corrected chi connectivity index (χ3v) is 8.30. The summed E-state index contributed by atoms with van der Waals surface area (Å²) >= 11 is 0. The van der Waals surface area contributed by atoms with Crippen molar-refractivity contribution in [2.24, 2.45) is 0 Å². The standard InChI is InChI=1S/C25H32FN6OP/c1-4-20-22-12-21(28-32(22)14-17(2)27-20)23-13-24(33)31-16-19(6-7-25(31)34-23)30-11-10-29(9-5-8-26)18(3)15-30/h6-7,12-14,16,18,25,34H,4-5,8-11,15H2,1-3H3/t18-,25?/m1/s1. The normalized spacial score (nSPS) is 24.1. The van der Waals surface area contributed by atoms with Crippen molar-refractivity contribution in [1.82, 2.24) is 29.3 Å². The number of nitrogens with zero attached hydrogens (tertiary/aromatic N) is 6. The Morgan fingerprint density at radius 3 is 2.91 bits per heavy atom. The molecule has 5 rings (SSSR count). The Labute approximate surface area is 201 Å². The lowest BCUT2D eigenvalue weighted by Gasteiger charge is -2.43. The minimum absolute atomic E-state index is 0.00249. The van der Waals surface area contributed by atoms with E-state index in [0.717, 1.165) is 66.2 Å². The number of hydrogen-bond acceptors (Lipinski definition) is 5. The van der Waals surface area contributed by atoms with Gasteiger partial charge in [-0.25, -0.2) is 4.52 Å². The first-order valence-corrected chi connectivity index (χ1v) is 13.2. The fourth-order valence-electron chi connectivity index (χ4n) is 5.00. The Bertz CT molecular complexity index is 1190. The van der Waals surface area contributed by atoms with Gasteiger partial charge in [0.25, 0.3) is 5.91 Å². The zero-order valence-electron chi connectivity index (χ0n) is 20.0. The summed E-state index contributed by atoms with van der Waals surface area (Å²) in [6, 6.07) is 2.42. The molecule has 1 amide bonds. The first-order chi connectivity index (χ1) is 16.5. The van der Waals surface area contributed by atoms with Crippen LogP contribution in [0.4, 0.5) is 4.39 Å². The van der Waals surface area contributed by atoms with Crippen LogP contribution >= 0.6 is 8.58 Å². The molecule has 0 radical (unpaired) electrons. The van der Waals surface area contributed by atoms with Crippen molar-refractivity contribution in [2.45, 2.75) is 45.4 Å². The summed E-state index contributed by atoms with van der Waals surface area (Å²) in [6.45, 7) is 9.49. The van der Waals surface area contributed by atoms with E-state index in [1.54, 1.807) is 6.08 Å². The van der Waals surface area contributed by atoms with Gasteiger partial charge in [0.15, 0.2) is 0 Å². The van der Waals surface area contributed by atoms with Crippen LogP contribution in [0, 0.1) is 6.92 Å². The third kappa shape index (κ3) is 4.41. The second-order valence-electron chi connectivity index (χ2n) is 9.22. The van der Waals surface area contributed by atoms with Gasteiger partial charge in [-0.05, 0) is 38.8 Å². The van der Waals surface area contributed by atoms with Gasteiger partial charge in [-0.1, -0.05) is 21.6 Å². The van der Waals surface area contributed by atoms with Crippen LogP contribution in [0.5, 0.6) is 0 Å². The predicted octanol–water partition coefficient (Wildman–Crippen LogP) is 3.56. The van der Waals surface area contributed by atoms with E-state index in [9.17, 15) is 9.18 Å². The van der Waals surface area contributed by atoms with Gasteiger partial charge in [-0.3, -0.25) is 19.1 Å². The van der Waals surface area contributed by atoms with E-state index in [0.29, 0.717) is 21.0 Å². The molecule has 0 bridgehead atoms. The summed E-state index contributed by atoms with van der Waals surface area (Å²) < 4.78 is 14.5. The molecule has 1 fully saturated rings. The van der Waals surface area contributed by atoms with Crippen molar-refractivity contribution in [3.63, 3.8) is 0 Å². The number of amides is 1. The van der Waals surface area contributed by atoms with E-state index in [1.165, 1.54) is 0 Å². The molecule has 2 aromatic rings. The fraction of sp³-hybridized carbons (Fsp3) is 0.480.